The predicted molar refractivity (Wildman–Crippen MR) is 44.2 cm³/mol. The van der Waals surface area contributed by atoms with Crippen LogP contribution in [0.4, 0.5) is 0 Å². The third-order valence-corrected chi connectivity index (χ3v) is 3.08. The zero-order chi connectivity index (χ0) is 7.68. The monoisotopic (exact) mass is 155 g/mol. The molecular formula is C9H17NO. The van der Waals surface area contributed by atoms with E-state index in [1.54, 1.807) is 0 Å². The Balaban J connectivity index is 1.77. The maximum Gasteiger partial charge on any atom is 0.0497 e. The van der Waals surface area contributed by atoms with Gasteiger partial charge >= 0.3 is 0 Å². The maximum atomic E-state index is 5.59. The van der Waals surface area contributed by atoms with Gasteiger partial charge in [-0.05, 0) is 43.6 Å². The third kappa shape index (κ3) is 1.57. The van der Waals surface area contributed by atoms with Gasteiger partial charge in [0.25, 0.3) is 0 Å². The molecule has 11 heavy (non-hydrogen) atoms. The molecule has 1 saturated heterocycles. The summed E-state index contributed by atoms with van der Waals surface area (Å²) < 4.78 is 5.44. The van der Waals surface area contributed by atoms with Gasteiger partial charge < -0.3 is 10.5 Å². The van der Waals surface area contributed by atoms with Gasteiger partial charge in [-0.15, -0.1) is 0 Å². The van der Waals surface area contributed by atoms with Gasteiger partial charge in [-0.3, -0.25) is 0 Å². The number of nitrogens with two attached hydrogens (primary N) is 1. The molecule has 1 heterocycles. The van der Waals surface area contributed by atoms with E-state index in [1.165, 1.54) is 19.3 Å². The third-order valence-electron chi connectivity index (χ3n) is 3.08. The number of hydrogen-bond donors (Lipinski definition) is 1. The van der Waals surface area contributed by atoms with Crippen LogP contribution >= 0.6 is 0 Å². The van der Waals surface area contributed by atoms with Crippen molar-refractivity contribution in [2.75, 3.05) is 19.8 Å². The molecule has 1 unspecified atom stereocenters. The average molecular weight is 155 g/mol. The minimum atomic E-state index is 0.835. The predicted octanol–water partition coefficient (Wildman–Crippen LogP) is 1.01. The fourth-order valence-electron chi connectivity index (χ4n) is 2.22. The van der Waals surface area contributed by atoms with Crippen molar-refractivity contribution in [1.82, 2.24) is 0 Å². The van der Waals surface area contributed by atoms with Crippen LogP contribution in [0.3, 0.4) is 0 Å². The van der Waals surface area contributed by atoms with Crippen LogP contribution in [0.25, 0.3) is 0 Å². The molecule has 2 rings (SSSR count). The van der Waals surface area contributed by atoms with Gasteiger partial charge in [0.15, 0.2) is 0 Å². The van der Waals surface area contributed by atoms with Crippen molar-refractivity contribution in [2.24, 2.45) is 23.5 Å². The first-order valence-electron chi connectivity index (χ1n) is 4.69. The largest absolute Gasteiger partial charge is 0.381 e. The van der Waals surface area contributed by atoms with Crippen molar-refractivity contribution < 1.29 is 4.74 Å². The van der Waals surface area contributed by atoms with Crippen LogP contribution in [0.1, 0.15) is 19.3 Å². The second-order valence-corrected chi connectivity index (χ2v) is 3.87. The fraction of sp³-hybridized carbons (Fsp3) is 1.00. The van der Waals surface area contributed by atoms with Crippen LogP contribution in [0, 0.1) is 17.8 Å². The van der Waals surface area contributed by atoms with Crippen molar-refractivity contribution >= 4 is 0 Å². The SMILES string of the molecule is NC[C@@H]1C[C@H]1C1CCCOC1. The first-order valence-corrected chi connectivity index (χ1v) is 4.69. The summed E-state index contributed by atoms with van der Waals surface area (Å²) in [5.41, 5.74) is 5.59. The summed E-state index contributed by atoms with van der Waals surface area (Å²) >= 11 is 0. The van der Waals surface area contributed by atoms with Gasteiger partial charge in [-0.2, -0.15) is 0 Å². The maximum absolute atomic E-state index is 5.59. The Bertz CT molecular complexity index is 132. The highest BCUT2D eigenvalue weighted by Gasteiger charge is 2.41. The summed E-state index contributed by atoms with van der Waals surface area (Å²) in [6.45, 7) is 2.87. The molecule has 2 heteroatoms. The molecule has 0 aromatic carbocycles. The van der Waals surface area contributed by atoms with Crippen molar-refractivity contribution in [3.8, 4) is 0 Å². The van der Waals surface area contributed by atoms with Crippen LogP contribution < -0.4 is 5.73 Å². The second-order valence-electron chi connectivity index (χ2n) is 3.87. The van der Waals surface area contributed by atoms with Crippen molar-refractivity contribution in [3.63, 3.8) is 0 Å². The molecule has 0 bridgehead atoms. The molecule has 0 aromatic rings. The number of ether oxygens (including phenoxy) is 1. The summed E-state index contributed by atoms with van der Waals surface area (Å²) in [6.07, 6.45) is 4.00. The molecule has 0 spiro atoms. The fourth-order valence-corrected chi connectivity index (χ4v) is 2.22. The van der Waals surface area contributed by atoms with Crippen molar-refractivity contribution in [1.29, 1.82) is 0 Å². The summed E-state index contributed by atoms with van der Waals surface area (Å²) in [5, 5.41) is 0. The Kier molecular flexibility index (Phi) is 2.14. The molecule has 1 aliphatic heterocycles. The quantitative estimate of drug-likeness (QED) is 0.646. The summed E-state index contributed by atoms with van der Waals surface area (Å²) in [6, 6.07) is 0. The van der Waals surface area contributed by atoms with Gasteiger partial charge in [0, 0.05) is 13.2 Å². The lowest BCUT2D eigenvalue weighted by Crippen LogP contribution is -2.20. The minimum absolute atomic E-state index is 0.835. The molecule has 0 amide bonds. The summed E-state index contributed by atoms with van der Waals surface area (Å²) in [7, 11) is 0. The Morgan fingerprint density at radius 1 is 1.45 bits per heavy atom. The molecule has 1 saturated carbocycles. The van der Waals surface area contributed by atoms with Crippen molar-refractivity contribution in [2.45, 2.75) is 19.3 Å². The number of rotatable bonds is 2. The topological polar surface area (TPSA) is 35.2 Å². The molecule has 3 atom stereocenters. The van der Waals surface area contributed by atoms with E-state index in [0.717, 1.165) is 37.5 Å². The molecule has 64 valence electrons. The van der Waals surface area contributed by atoms with Gasteiger partial charge in [-0.1, -0.05) is 0 Å². The van der Waals surface area contributed by atoms with E-state index in [4.69, 9.17) is 10.5 Å². The molecule has 0 radical (unpaired) electrons. The van der Waals surface area contributed by atoms with E-state index >= 15 is 0 Å². The molecule has 0 aromatic heterocycles. The Hall–Kier alpha value is -0.0800. The van der Waals surface area contributed by atoms with Gasteiger partial charge in [0.05, 0.1) is 0 Å². The van der Waals surface area contributed by atoms with Gasteiger partial charge in [0.2, 0.25) is 0 Å². The van der Waals surface area contributed by atoms with E-state index in [2.05, 4.69) is 0 Å². The van der Waals surface area contributed by atoms with Crippen LogP contribution in [-0.4, -0.2) is 19.8 Å². The highest BCUT2D eigenvalue weighted by molar-refractivity contribution is 4.92. The molecule has 2 aliphatic rings. The van der Waals surface area contributed by atoms with Crippen LogP contribution in [0.5, 0.6) is 0 Å². The molecular weight excluding hydrogens is 138 g/mol. The zero-order valence-corrected chi connectivity index (χ0v) is 6.96. The molecule has 2 nitrogen and oxygen atoms in total. The average Bonchev–Trinajstić information content (AvgIpc) is 2.85. The lowest BCUT2D eigenvalue weighted by molar-refractivity contribution is 0.0446. The van der Waals surface area contributed by atoms with Crippen LogP contribution in [0.15, 0.2) is 0 Å². The standard InChI is InChI=1S/C9H17NO/c10-5-8-4-9(8)7-2-1-3-11-6-7/h7-9H,1-6,10H2/t7?,8-,9-/m0/s1. The van der Waals surface area contributed by atoms with E-state index in [0.29, 0.717) is 0 Å². The highest BCUT2D eigenvalue weighted by atomic mass is 16.5. The van der Waals surface area contributed by atoms with E-state index in [-0.39, 0.29) is 0 Å². The summed E-state index contributed by atoms with van der Waals surface area (Å²) in [4.78, 5) is 0. The first-order chi connectivity index (χ1) is 5.42. The molecule has 2 N–H and O–H groups in total. The minimum Gasteiger partial charge on any atom is -0.381 e. The smallest absolute Gasteiger partial charge is 0.0497 e. The summed E-state index contributed by atoms with van der Waals surface area (Å²) in [5.74, 6) is 2.60. The lowest BCUT2D eigenvalue weighted by atomic mass is 9.96. The van der Waals surface area contributed by atoms with Crippen LogP contribution in [0.2, 0.25) is 0 Å². The zero-order valence-electron chi connectivity index (χ0n) is 6.96. The number of hydrogen-bond acceptors (Lipinski definition) is 2. The molecule has 1 aliphatic carbocycles. The second kappa shape index (κ2) is 3.11. The van der Waals surface area contributed by atoms with E-state index in [9.17, 15) is 0 Å². The highest BCUT2D eigenvalue weighted by Crippen LogP contribution is 2.46. The molecule has 2 fully saturated rings. The Morgan fingerprint density at radius 3 is 2.91 bits per heavy atom. The Labute approximate surface area is 68.1 Å². The van der Waals surface area contributed by atoms with Crippen LogP contribution in [-0.2, 0) is 4.74 Å². The Morgan fingerprint density at radius 2 is 2.36 bits per heavy atom. The lowest BCUT2D eigenvalue weighted by Gasteiger charge is -2.21. The van der Waals surface area contributed by atoms with Gasteiger partial charge in [0.1, 0.15) is 0 Å². The van der Waals surface area contributed by atoms with E-state index < -0.39 is 0 Å². The van der Waals surface area contributed by atoms with Crippen molar-refractivity contribution in [3.05, 3.63) is 0 Å². The first kappa shape index (κ1) is 7.56. The van der Waals surface area contributed by atoms with Gasteiger partial charge in [-0.25, -0.2) is 0 Å². The normalized spacial score (nSPS) is 43.9. The van der Waals surface area contributed by atoms with E-state index in [1.807, 2.05) is 0 Å².